The molecule has 1 saturated carbocycles. The summed E-state index contributed by atoms with van der Waals surface area (Å²) in [7, 11) is -3.88. The largest absolute Gasteiger partial charge is 0.451 e. The molecule has 1 aliphatic rings. The van der Waals surface area contributed by atoms with Crippen LogP contribution in [0.2, 0.25) is 5.02 Å². The van der Waals surface area contributed by atoms with Gasteiger partial charge in [-0.2, -0.15) is 0 Å². The predicted molar refractivity (Wildman–Crippen MR) is 124 cm³/mol. The number of ketones is 1. The van der Waals surface area contributed by atoms with Gasteiger partial charge in [0.15, 0.2) is 6.10 Å². The van der Waals surface area contributed by atoms with Crippen LogP contribution < -0.4 is 10.0 Å². The second kappa shape index (κ2) is 10.0. The Balaban J connectivity index is 1.68. The van der Waals surface area contributed by atoms with Crippen molar-refractivity contribution in [1.82, 2.24) is 4.72 Å². The summed E-state index contributed by atoms with van der Waals surface area (Å²) in [6, 6.07) is 9.89. The van der Waals surface area contributed by atoms with Crippen LogP contribution in [-0.2, 0) is 19.6 Å². The van der Waals surface area contributed by atoms with E-state index in [2.05, 4.69) is 10.0 Å². The van der Waals surface area contributed by atoms with Crippen LogP contribution in [0.25, 0.3) is 0 Å². The van der Waals surface area contributed by atoms with E-state index >= 15 is 0 Å². The molecule has 1 amide bonds. The molecule has 0 bridgehead atoms. The molecule has 0 radical (unpaired) electrons. The Labute approximate surface area is 197 Å². The van der Waals surface area contributed by atoms with Crippen molar-refractivity contribution >= 4 is 45.0 Å². The molecule has 2 aromatic carbocycles. The molecule has 0 spiro atoms. The number of sulfonamides is 1. The Hall–Kier alpha value is -2.75. The molecule has 1 atom stereocenters. The molecule has 3 rings (SSSR count). The van der Waals surface area contributed by atoms with Crippen molar-refractivity contribution in [2.24, 2.45) is 5.92 Å². The molecule has 8 nitrogen and oxygen atoms in total. The second-order valence-electron chi connectivity index (χ2n) is 8.17. The smallest absolute Gasteiger partial charge is 0.338 e. The third kappa shape index (κ3) is 6.40. The summed E-state index contributed by atoms with van der Waals surface area (Å²) in [6.45, 7) is 4.97. The van der Waals surface area contributed by atoms with Gasteiger partial charge in [0, 0.05) is 23.2 Å². The van der Waals surface area contributed by atoms with Gasteiger partial charge in [-0.05, 0) is 62.2 Å². The predicted octanol–water partition coefficient (Wildman–Crippen LogP) is 3.80. The van der Waals surface area contributed by atoms with Crippen LogP contribution in [0.3, 0.4) is 0 Å². The van der Waals surface area contributed by atoms with Gasteiger partial charge in [-0.1, -0.05) is 25.4 Å². The molecule has 33 heavy (non-hydrogen) atoms. The number of carbonyl (C=O) groups is 3. The van der Waals surface area contributed by atoms with Crippen LogP contribution in [0, 0.1) is 5.92 Å². The lowest BCUT2D eigenvalue weighted by molar-refractivity contribution is -0.118. The average molecular weight is 493 g/mol. The lowest BCUT2D eigenvalue weighted by atomic mass is 10.1. The number of ether oxygens (including phenoxy) is 1. The van der Waals surface area contributed by atoms with Gasteiger partial charge < -0.3 is 10.1 Å². The Bertz CT molecular complexity index is 1170. The minimum absolute atomic E-state index is 0.0199. The van der Waals surface area contributed by atoms with Crippen molar-refractivity contribution in [1.29, 1.82) is 0 Å². The van der Waals surface area contributed by atoms with Crippen molar-refractivity contribution in [3.8, 4) is 0 Å². The van der Waals surface area contributed by atoms with Crippen LogP contribution in [0.15, 0.2) is 47.4 Å². The van der Waals surface area contributed by atoms with Crippen LogP contribution in [-0.4, -0.2) is 38.2 Å². The quantitative estimate of drug-likeness (QED) is 0.406. The highest BCUT2D eigenvalue weighted by Gasteiger charge is 2.30. The number of halogens is 1. The van der Waals surface area contributed by atoms with Gasteiger partial charge in [-0.25, -0.2) is 17.9 Å². The molecular weight excluding hydrogens is 468 g/mol. The average Bonchev–Trinajstić information content (AvgIpc) is 3.57. The zero-order valence-electron chi connectivity index (χ0n) is 18.4. The molecule has 10 heteroatoms. The summed E-state index contributed by atoms with van der Waals surface area (Å²) in [5, 5.41) is 2.71. The van der Waals surface area contributed by atoms with Gasteiger partial charge in [-0.15, -0.1) is 0 Å². The fourth-order valence-electron chi connectivity index (χ4n) is 2.84. The van der Waals surface area contributed by atoms with E-state index in [0.717, 1.165) is 18.9 Å². The minimum atomic E-state index is -3.88. The highest BCUT2D eigenvalue weighted by atomic mass is 35.5. The van der Waals surface area contributed by atoms with E-state index in [4.69, 9.17) is 16.3 Å². The molecule has 0 heterocycles. The number of Topliss-reactive ketones (excluding diaryl/α,β-unsaturated/α-hetero) is 1. The highest BCUT2D eigenvalue weighted by molar-refractivity contribution is 7.89. The fourth-order valence-corrected chi connectivity index (χ4v) is 4.67. The molecule has 176 valence electrons. The topological polar surface area (TPSA) is 119 Å². The second-order valence-corrected chi connectivity index (χ2v) is 10.3. The number of rotatable bonds is 9. The van der Waals surface area contributed by atoms with Gasteiger partial charge in [0.2, 0.25) is 21.7 Å². The molecule has 0 saturated heterocycles. The van der Waals surface area contributed by atoms with Crippen molar-refractivity contribution in [2.75, 3.05) is 5.32 Å². The number of hydrogen-bond donors (Lipinski definition) is 2. The molecule has 2 aromatic rings. The van der Waals surface area contributed by atoms with Gasteiger partial charge in [0.05, 0.1) is 10.6 Å². The van der Waals surface area contributed by atoms with Crippen LogP contribution in [0.1, 0.15) is 54.3 Å². The SMILES string of the molecule is CC(C)C(=O)Nc1ccc(C(=O)C(C)OC(=O)c2ccc(Cl)c(S(=O)(=O)NC3CC3)c2)cc1. The number of hydrogen-bond acceptors (Lipinski definition) is 6. The van der Waals surface area contributed by atoms with E-state index in [-0.39, 0.29) is 33.3 Å². The number of nitrogens with one attached hydrogen (secondary N) is 2. The van der Waals surface area contributed by atoms with Crippen LogP contribution >= 0.6 is 11.6 Å². The molecule has 1 fully saturated rings. The zero-order chi connectivity index (χ0) is 24.3. The zero-order valence-corrected chi connectivity index (χ0v) is 20.0. The molecular formula is C23H25ClN2O6S. The van der Waals surface area contributed by atoms with Crippen molar-refractivity contribution < 1.29 is 27.5 Å². The lowest BCUT2D eigenvalue weighted by Gasteiger charge is -2.14. The molecule has 1 unspecified atom stereocenters. The summed E-state index contributed by atoms with van der Waals surface area (Å²) in [5.41, 5.74) is 0.803. The minimum Gasteiger partial charge on any atom is -0.451 e. The van der Waals surface area contributed by atoms with Crippen LogP contribution in [0.5, 0.6) is 0 Å². The third-order valence-electron chi connectivity index (χ3n) is 4.97. The van der Waals surface area contributed by atoms with Crippen LogP contribution in [0.4, 0.5) is 5.69 Å². The molecule has 0 aliphatic heterocycles. The third-order valence-corrected chi connectivity index (χ3v) is 6.97. The fraction of sp³-hybridized carbons (Fsp3) is 0.348. The van der Waals surface area contributed by atoms with E-state index < -0.39 is 27.9 Å². The first kappa shape index (κ1) is 24.9. The van der Waals surface area contributed by atoms with Crippen molar-refractivity contribution in [3.05, 3.63) is 58.6 Å². The van der Waals surface area contributed by atoms with E-state index in [1.807, 2.05) is 0 Å². The number of carbonyl (C=O) groups excluding carboxylic acids is 3. The van der Waals surface area contributed by atoms with E-state index in [1.165, 1.54) is 31.2 Å². The first-order chi connectivity index (χ1) is 15.5. The van der Waals surface area contributed by atoms with E-state index in [9.17, 15) is 22.8 Å². The standard InChI is InChI=1S/C23H25ClN2O6S/c1-13(2)22(28)25-17-7-4-15(5-8-17)21(27)14(3)32-23(29)16-6-11-19(24)20(12-16)33(30,31)26-18-9-10-18/h4-8,11-14,18,26H,9-10H2,1-3H3,(H,25,28). The maximum atomic E-state index is 12.7. The van der Waals surface area contributed by atoms with Gasteiger partial charge >= 0.3 is 5.97 Å². The maximum Gasteiger partial charge on any atom is 0.338 e. The summed E-state index contributed by atoms with van der Waals surface area (Å²) in [4.78, 5) is 36.8. The van der Waals surface area contributed by atoms with E-state index in [1.54, 1.807) is 26.0 Å². The van der Waals surface area contributed by atoms with Gasteiger partial charge in [0.25, 0.3) is 0 Å². The molecule has 1 aliphatic carbocycles. The summed E-state index contributed by atoms with van der Waals surface area (Å²) in [6.07, 6.45) is 0.390. The first-order valence-electron chi connectivity index (χ1n) is 10.5. The Kier molecular flexibility index (Phi) is 7.56. The highest BCUT2D eigenvalue weighted by Crippen LogP contribution is 2.27. The number of esters is 1. The van der Waals surface area contributed by atoms with E-state index in [0.29, 0.717) is 11.3 Å². The normalized spacial score (nSPS) is 14.6. The molecule has 0 aromatic heterocycles. The van der Waals surface area contributed by atoms with Gasteiger partial charge in [-0.3, -0.25) is 9.59 Å². The summed E-state index contributed by atoms with van der Waals surface area (Å²) in [5.74, 6) is -1.62. The summed E-state index contributed by atoms with van der Waals surface area (Å²) >= 11 is 6.04. The van der Waals surface area contributed by atoms with Crippen molar-refractivity contribution in [3.63, 3.8) is 0 Å². The lowest BCUT2D eigenvalue weighted by Crippen LogP contribution is -2.27. The Morgan fingerprint density at radius 2 is 1.61 bits per heavy atom. The van der Waals surface area contributed by atoms with Crippen molar-refractivity contribution in [2.45, 2.75) is 50.7 Å². The number of anilines is 1. The van der Waals surface area contributed by atoms with Gasteiger partial charge in [0.1, 0.15) is 4.90 Å². The number of benzene rings is 2. The first-order valence-corrected chi connectivity index (χ1v) is 12.3. The number of amides is 1. The Morgan fingerprint density at radius 3 is 2.18 bits per heavy atom. The maximum absolute atomic E-state index is 12.7. The summed E-state index contributed by atoms with van der Waals surface area (Å²) < 4.78 is 32.8. The molecule has 2 N–H and O–H groups in total. The Morgan fingerprint density at radius 1 is 1.00 bits per heavy atom. The monoisotopic (exact) mass is 492 g/mol.